The van der Waals surface area contributed by atoms with E-state index in [1.807, 2.05) is 0 Å². The van der Waals surface area contributed by atoms with Gasteiger partial charge >= 0.3 is 5.97 Å². The van der Waals surface area contributed by atoms with Gasteiger partial charge in [0.15, 0.2) is 12.4 Å². The normalized spacial score (nSPS) is 20.0. The Hall–Kier alpha value is -2.41. The molecule has 1 N–H and O–H groups in total. The first-order valence-corrected chi connectivity index (χ1v) is 7.68. The van der Waals surface area contributed by atoms with Crippen LogP contribution in [0, 0.1) is 0 Å². The first kappa shape index (κ1) is 17.9. The smallest absolute Gasteiger partial charge is 0.305 e. The molecule has 0 aliphatic carbocycles. The predicted molar refractivity (Wildman–Crippen MR) is 85.1 cm³/mol. The third-order valence-electron chi connectivity index (χ3n) is 4.04. The number of carboxylic acids is 1. The highest BCUT2D eigenvalue weighted by atomic mass is 16.5. The zero-order valence-corrected chi connectivity index (χ0v) is 13.7. The Labute approximate surface area is 140 Å². The second-order valence-corrected chi connectivity index (χ2v) is 5.76. The van der Waals surface area contributed by atoms with Crippen molar-refractivity contribution in [2.45, 2.75) is 31.9 Å². The van der Waals surface area contributed by atoms with E-state index < -0.39 is 12.0 Å². The summed E-state index contributed by atoms with van der Waals surface area (Å²) in [6.45, 7) is 1.59. The lowest BCUT2D eigenvalue weighted by Crippen LogP contribution is -2.40. The molecule has 2 unspecified atom stereocenters. The summed E-state index contributed by atoms with van der Waals surface area (Å²) in [5.74, 6) is -0.914. The molecule has 1 aliphatic heterocycles. The molecule has 0 bridgehead atoms. The molecule has 1 heterocycles. The number of carboxylic acid groups (broad SMARTS) is 1. The maximum atomic E-state index is 12.4. The third-order valence-corrected chi connectivity index (χ3v) is 4.04. The lowest BCUT2D eigenvalue weighted by Gasteiger charge is -2.23. The highest BCUT2D eigenvalue weighted by molar-refractivity contribution is 5.94. The minimum atomic E-state index is -0.954. The summed E-state index contributed by atoms with van der Waals surface area (Å²) in [4.78, 5) is 36.2. The molecule has 0 aromatic heterocycles. The van der Waals surface area contributed by atoms with Crippen LogP contribution in [-0.4, -0.2) is 60.1 Å². The number of rotatable bonds is 7. The number of aliphatic carboxylic acids is 1. The van der Waals surface area contributed by atoms with Crippen LogP contribution in [0.5, 0.6) is 5.75 Å². The number of hydrogen-bond donors (Lipinski definition) is 1. The first-order chi connectivity index (χ1) is 11.4. The van der Waals surface area contributed by atoms with Gasteiger partial charge in [0.25, 0.3) is 5.91 Å². The minimum Gasteiger partial charge on any atom is -0.484 e. The molecular formula is C17H21NO6. The number of hydrogen-bond acceptors (Lipinski definition) is 5. The quantitative estimate of drug-likeness (QED) is 0.756. The number of carbonyl (C=O) groups is 3. The van der Waals surface area contributed by atoms with Crippen molar-refractivity contribution in [1.82, 2.24) is 4.90 Å². The maximum Gasteiger partial charge on any atom is 0.305 e. The molecule has 1 amide bonds. The van der Waals surface area contributed by atoms with Gasteiger partial charge in [0.05, 0.1) is 12.5 Å². The number of likely N-dealkylation sites (tertiary alicyclic amines) is 1. The van der Waals surface area contributed by atoms with Gasteiger partial charge in [-0.1, -0.05) is 12.1 Å². The fraction of sp³-hybridized carbons (Fsp3) is 0.471. The fourth-order valence-corrected chi connectivity index (χ4v) is 2.78. The van der Waals surface area contributed by atoms with Gasteiger partial charge in [-0.2, -0.15) is 0 Å². The summed E-state index contributed by atoms with van der Waals surface area (Å²) >= 11 is 0. The van der Waals surface area contributed by atoms with E-state index in [1.54, 1.807) is 31.4 Å². The number of benzene rings is 1. The molecule has 2 rings (SSSR count). The zero-order valence-electron chi connectivity index (χ0n) is 13.7. The summed E-state index contributed by atoms with van der Waals surface area (Å²) in [6.07, 6.45) is 0.208. The number of Topliss-reactive ketones (excluding diaryl/α,β-unsaturated/α-hetero) is 1. The molecule has 0 radical (unpaired) electrons. The molecule has 0 saturated carbocycles. The fourth-order valence-electron chi connectivity index (χ4n) is 2.78. The molecular weight excluding hydrogens is 314 g/mol. The number of ketones is 1. The minimum absolute atomic E-state index is 0.0872. The molecule has 130 valence electrons. The van der Waals surface area contributed by atoms with Gasteiger partial charge in [0.1, 0.15) is 5.75 Å². The second kappa shape index (κ2) is 7.92. The number of carbonyl (C=O) groups excluding carboxylic acids is 2. The van der Waals surface area contributed by atoms with Crippen molar-refractivity contribution in [1.29, 1.82) is 0 Å². The van der Waals surface area contributed by atoms with E-state index in [0.29, 0.717) is 24.3 Å². The molecule has 1 fully saturated rings. The first-order valence-electron chi connectivity index (χ1n) is 7.68. The summed E-state index contributed by atoms with van der Waals surface area (Å²) in [6, 6.07) is 6.19. The number of amides is 1. The van der Waals surface area contributed by atoms with Crippen molar-refractivity contribution >= 4 is 17.7 Å². The van der Waals surface area contributed by atoms with Crippen LogP contribution in [0.4, 0.5) is 0 Å². The van der Waals surface area contributed by atoms with Gasteiger partial charge in [0, 0.05) is 25.3 Å². The zero-order chi connectivity index (χ0) is 17.7. The van der Waals surface area contributed by atoms with Crippen molar-refractivity contribution < 1.29 is 29.0 Å². The summed E-state index contributed by atoms with van der Waals surface area (Å²) in [5.41, 5.74) is 0.504. The Morgan fingerprint density at radius 1 is 1.33 bits per heavy atom. The van der Waals surface area contributed by atoms with Crippen LogP contribution in [-0.2, 0) is 14.3 Å². The van der Waals surface area contributed by atoms with Crippen LogP contribution in [0.2, 0.25) is 0 Å². The molecule has 1 saturated heterocycles. The molecule has 7 nitrogen and oxygen atoms in total. The lowest BCUT2D eigenvalue weighted by atomic mass is 10.1. The molecule has 0 spiro atoms. The average Bonchev–Trinajstić information content (AvgIpc) is 2.95. The molecule has 24 heavy (non-hydrogen) atoms. The number of nitrogens with zero attached hydrogens (tertiary/aromatic N) is 1. The summed E-state index contributed by atoms with van der Waals surface area (Å²) in [7, 11) is 1.54. The standard InChI is InChI=1S/C17H21NO6/c1-11(19)12-4-3-5-14(6-12)24-10-16(20)18-9-15(23-2)7-13(18)8-17(21)22/h3-6,13,15H,7-10H2,1-2H3,(H,21,22). The van der Waals surface area contributed by atoms with Crippen LogP contribution in [0.25, 0.3) is 0 Å². The summed E-state index contributed by atoms with van der Waals surface area (Å²) < 4.78 is 10.7. The van der Waals surface area contributed by atoms with Gasteiger partial charge in [-0.15, -0.1) is 0 Å². The largest absolute Gasteiger partial charge is 0.484 e. The van der Waals surface area contributed by atoms with E-state index in [9.17, 15) is 14.4 Å². The highest BCUT2D eigenvalue weighted by Crippen LogP contribution is 2.23. The molecule has 7 heteroatoms. The second-order valence-electron chi connectivity index (χ2n) is 5.76. The van der Waals surface area contributed by atoms with E-state index in [4.69, 9.17) is 14.6 Å². The predicted octanol–water partition coefficient (Wildman–Crippen LogP) is 1.36. The average molecular weight is 335 g/mol. The van der Waals surface area contributed by atoms with Crippen LogP contribution in [0.3, 0.4) is 0 Å². The third kappa shape index (κ3) is 4.55. The lowest BCUT2D eigenvalue weighted by molar-refractivity contribution is -0.140. The van der Waals surface area contributed by atoms with E-state index in [0.717, 1.165) is 0 Å². The monoisotopic (exact) mass is 335 g/mol. The van der Waals surface area contributed by atoms with Crippen molar-refractivity contribution in [3.63, 3.8) is 0 Å². The highest BCUT2D eigenvalue weighted by Gasteiger charge is 2.36. The number of methoxy groups -OCH3 is 1. The van der Waals surface area contributed by atoms with E-state index in [-0.39, 0.29) is 30.8 Å². The Kier molecular flexibility index (Phi) is 5.92. The van der Waals surface area contributed by atoms with E-state index in [2.05, 4.69) is 0 Å². The number of ether oxygens (including phenoxy) is 2. The van der Waals surface area contributed by atoms with Gasteiger partial charge in [-0.25, -0.2) is 0 Å². The van der Waals surface area contributed by atoms with Crippen molar-refractivity contribution in [2.75, 3.05) is 20.3 Å². The molecule has 1 aromatic carbocycles. The van der Waals surface area contributed by atoms with Crippen molar-refractivity contribution in [3.05, 3.63) is 29.8 Å². The van der Waals surface area contributed by atoms with Crippen LogP contribution in [0.15, 0.2) is 24.3 Å². The van der Waals surface area contributed by atoms with Gasteiger partial charge in [0.2, 0.25) is 0 Å². The Bertz CT molecular complexity index is 629. The Morgan fingerprint density at radius 3 is 2.71 bits per heavy atom. The van der Waals surface area contributed by atoms with Gasteiger partial charge in [-0.05, 0) is 25.5 Å². The Balaban J connectivity index is 1.98. The maximum absolute atomic E-state index is 12.4. The topological polar surface area (TPSA) is 93.1 Å². The molecule has 1 aromatic rings. The molecule has 2 atom stereocenters. The van der Waals surface area contributed by atoms with Crippen LogP contribution in [0.1, 0.15) is 30.1 Å². The molecule has 1 aliphatic rings. The summed E-state index contributed by atoms with van der Waals surface area (Å²) in [5, 5.41) is 8.98. The Morgan fingerprint density at radius 2 is 2.08 bits per heavy atom. The van der Waals surface area contributed by atoms with Gasteiger partial charge < -0.3 is 19.5 Å². The van der Waals surface area contributed by atoms with Crippen LogP contribution < -0.4 is 4.74 Å². The van der Waals surface area contributed by atoms with E-state index >= 15 is 0 Å². The SMILES string of the molecule is COC1CC(CC(=O)O)N(C(=O)COc2cccc(C(C)=O)c2)C1. The van der Waals surface area contributed by atoms with Crippen molar-refractivity contribution in [2.24, 2.45) is 0 Å². The van der Waals surface area contributed by atoms with E-state index in [1.165, 1.54) is 11.8 Å². The van der Waals surface area contributed by atoms with Crippen LogP contribution >= 0.6 is 0 Å². The van der Waals surface area contributed by atoms with Crippen molar-refractivity contribution in [3.8, 4) is 5.75 Å². The van der Waals surface area contributed by atoms with Gasteiger partial charge in [-0.3, -0.25) is 14.4 Å².